The number of carbonyl (C=O) groups is 1. The molecule has 0 N–H and O–H groups in total. The number of fused-ring (bicyclic) bond motifs is 1. The highest BCUT2D eigenvalue weighted by Gasteiger charge is 2.24. The maximum atomic E-state index is 13.3. The van der Waals surface area contributed by atoms with Crippen molar-refractivity contribution < 1.29 is 18.8 Å². The van der Waals surface area contributed by atoms with Gasteiger partial charge in [0.05, 0.1) is 6.54 Å². The van der Waals surface area contributed by atoms with Gasteiger partial charge < -0.3 is 14.0 Å². The Balaban J connectivity index is 1.44. The molecule has 3 heterocycles. The molecule has 2 aromatic heterocycles. The highest BCUT2D eigenvalue weighted by atomic mass is 16.6. The van der Waals surface area contributed by atoms with Crippen LogP contribution in [-0.2, 0) is 6.54 Å². The number of nitrogens with zero attached hydrogens (tertiary/aromatic N) is 3. The third-order valence-electron chi connectivity index (χ3n) is 4.91. The molecule has 0 saturated heterocycles. The summed E-state index contributed by atoms with van der Waals surface area (Å²) < 4.78 is 16.7. The molecule has 0 bridgehead atoms. The van der Waals surface area contributed by atoms with Gasteiger partial charge in [0.25, 0.3) is 5.91 Å². The van der Waals surface area contributed by atoms with E-state index in [0.29, 0.717) is 42.8 Å². The zero-order valence-corrected chi connectivity index (χ0v) is 16.6. The number of amides is 1. The van der Waals surface area contributed by atoms with Crippen LogP contribution in [0.15, 0.2) is 83.5 Å². The van der Waals surface area contributed by atoms with Crippen molar-refractivity contribution in [2.24, 2.45) is 0 Å². The number of hydrogen-bond acceptors (Lipinski definition) is 6. The van der Waals surface area contributed by atoms with Gasteiger partial charge in [-0.05, 0) is 35.9 Å². The summed E-state index contributed by atoms with van der Waals surface area (Å²) in [5.41, 5.74) is 1.94. The molecule has 0 unspecified atom stereocenters. The molecule has 1 amide bonds. The van der Waals surface area contributed by atoms with E-state index in [0.717, 1.165) is 11.1 Å². The summed E-state index contributed by atoms with van der Waals surface area (Å²) >= 11 is 0. The quantitative estimate of drug-likeness (QED) is 0.484. The van der Waals surface area contributed by atoms with Gasteiger partial charge in [-0.2, -0.15) is 0 Å². The van der Waals surface area contributed by atoms with Crippen molar-refractivity contribution in [3.63, 3.8) is 0 Å². The zero-order chi connectivity index (χ0) is 21.0. The highest BCUT2D eigenvalue weighted by molar-refractivity contribution is 6.04. The minimum Gasteiger partial charge on any atom is -0.486 e. The minimum absolute atomic E-state index is 0.200. The van der Waals surface area contributed by atoms with E-state index in [9.17, 15) is 4.79 Å². The first-order chi connectivity index (χ1) is 15.3. The Morgan fingerprint density at radius 2 is 1.71 bits per heavy atom. The lowest BCUT2D eigenvalue weighted by Gasteiger charge is -2.20. The van der Waals surface area contributed by atoms with E-state index < -0.39 is 0 Å². The third kappa shape index (κ3) is 3.98. The van der Waals surface area contributed by atoms with Gasteiger partial charge in [0, 0.05) is 17.8 Å². The lowest BCUT2D eigenvalue weighted by molar-refractivity contribution is 0.0975. The van der Waals surface area contributed by atoms with Crippen molar-refractivity contribution in [3.8, 4) is 22.8 Å². The highest BCUT2D eigenvalue weighted by Crippen LogP contribution is 2.34. The topological polar surface area (TPSA) is 77.7 Å². The van der Waals surface area contributed by atoms with Gasteiger partial charge >= 0.3 is 0 Å². The van der Waals surface area contributed by atoms with Gasteiger partial charge in [0.1, 0.15) is 19.0 Å². The van der Waals surface area contributed by atoms with Gasteiger partial charge in [-0.15, -0.1) is 0 Å². The predicted octanol–water partition coefficient (Wildman–Crippen LogP) is 4.35. The average molecular weight is 413 g/mol. The third-order valence-corrected chi connectivity index (χ3v) is 4.91. The fraction of sp³-hybridized carbons (Fsp3) is 0.125. The first-order valence-electron chi connectivity index (χ1n) is 9.91. The second kappa shape index (κ2) is 8.31. The van der Waals surface area contributed by atoms with Crippen molar-refractivity contribution in [2.45, 2.75) is 6.54 Å². The first-order valence-corrected chi connectivity index (χ1v) is 9.91. The van der Waals surface area contributed by atoms with Crippen LogP contribution in [0.4, 0.5) is 5.82 Å². The molecule has 0 atom stereocenters. The maximum absolute atomic E-state index is 13.3. The second-order valence-electron chi connectivity index (χ2n) is 7.00. The molecular weight excluding hydrogens is 394 g/mol. The smallest absolute Gasteiger partial charge is 0.281 e. The van der Waals surface area contributed by atoms with Crippen LogP contribution in [0, 0.1) is 0 Å². The van der Waals surface area contributed by atoms with Crippen LogP contribution in [0.2, 0.25) is 0 Å². The second-order valence-corrected chi connectivity index (χ2v) is 7.00. The first kappa shape index (κ1) is 18.9. The minimum atomic E-state index is -0.296. The molecule has 31 heavy (non-hydrogen) atoms. The molecule has 2 aromatic carbocycles. The van der Waals surface area contributed by atoms with Crippen LogP contribution in [-0.4, -0.2) is 29.3 Å². The number of ether oxygens (including phenoxy) is 2. The van der Waals surface area contributed by atoms with Gasteiger partial charge in [-0.3, -0.25) is 9.69 Å². The Kier molecular flexibility index (Phi) is 5.06. The monoisotopic (exact) mass is 413 g/mol. The standard InChI is InChI=1S/C24H19N3O4/c28-24(27(23-8-4-5-11-25-23)16-17-6-2-1-3-7-17)19-15-21(31-26-19)18-9-10-20-22(14-18)30-13-12-29-20/h1-11,14-15H,12-13,16H2. The van der Waals surface area contributed by atoms with Gasteiger partial charge in [-0.25, -0.2) is 4.98 Å². The summed E-state index contributed by atoms with van der Waals surface area (Å²) in [6.07, 6.45) is 1.66. The fourth-order valence-corrected chi connectivity index (χ4v) is 3.38. The van der Waals surface area contributed by atoms with Crippen LogP contribution < -0.4 is 14.4 Å². The molecule has 1 aliphatic heterocycles. The van der Waals surface area contributed by atoms with E-state index in [-0.39, 0.29) is 11.6 Å². The molecule has 1 aliphatic rings. The van der Waals surface area contributed by atoms with Crippen LogP contribution in [0.5, 0.6) is 11.5 Å². The Hall–Kier alpha value is -4.13. The van der Waals surface area contributed by atoms with Gasteiger partial charge in [0.15, 0.2) is 23.0 Å². The van der Waals surface area contributed by atoms with Crippen molar-refractivity contribution in [1.29, 1.82) is 0 Å². The van der Waals surface area contributed by atoms with E-state index in [4.69, 9.17) is 14.0 Å². The summed E-state index contributed by atoms with van der Waals surface area (Å²) in [4.78, 5) is 19.3. The molecular formula is C24H19N3O4. The molecule has 4 aromatic rings. The fourth-order valence-electron chi connectivity index (χ4n) is 3.38. The van der Waals surface area contributed by atoms with Crippen molar-refractivity contribution in [1.82, 2.24) is 10.1 Å². The van der Waals surface area contributed by atoms with Crippen molar-refractivity contribution >= 4 is 11.7 Å². The van der Waals surface area contributed by atoms with Gasteiger partial charge in [0.2, 0.25) is 0 Å². The lowest BCUT2D eigenvalue weighted by Crippen LogP contribution is -2.31. The normalized spacial score (nSPS) is 12.4. The molecule has 0 saturated carbocycles. The average Bonchev–Trinajstić information content (AvgIpc) is 3.33. The summed E-state index contributed by atoms with van der Waals surface area (Å²) in [5, 5.41) is 4.03. The van der Waals surface area contributed by atoms with Crippen LogP contribution in [0.1, 0.15) is 16.1 Å². The van der Waals surface area contributed by atoms with Crippen LogP contribution in [0.25, 0.3) is 11.3 Å². The Labute approximate surface area is 178 Å². The number of carbonyl (C=O) groups excluding carboxylic acids is 1. The number of rotatable bonds is 5. The molecule has 0 radical (unpaired) electrons. The summed E-state index contributed by atoms with van der Waals surface area (Å²) in [7, 11) is 0. The summed E-state index contributed by atoms with van der Waals surface area (Å²) in [5.74, 6) is 2.05. The molecule has 0 fully saturated rings. The molecule has 7 nitrogen and oxygen atoms in total. The number of hydrogen-bond donors (Lipinski definition) is 0. The number of anilines is 1. The number of pyridine rings is 1. The van der Waals surface area contributed by atoms with Crippen molar-refractivity contribution in [3.05, 3.63) is 90.3 Å². The summed E-state index contributed by atoms with van der Waals surface area (Å²) in [6.45, 7) is 1.39. The van der Waals surface area contributed by atoms with E-state index in [1.807, 2.05) is 60.7 Å². The lowest BCUT2D eigenvalue weighted by atomic mass is 10.1. The number of aromatic nitrogens is 2. The van der Waals surface area contributed by atoms with E-state index >= 15 is 0 Å². The Morgan fingerprint density at radius 3 is 2.52 bits per heavy atom. The van der Waals surface area contributed by atoms with E-state index in [2.05, 4.69) is 10.1 Å². The molecule has 7 heteroatoms. The van der Waals surface area contributed by atoms with E-state index in [1.54, 1.807) is 23.2 Å². The van der Waals surface area contributed by atoms with Gasteiger partial charge in [-0.1, -0.05) is 41.6 Å². The van der Waals surface area contributed by atoms with Crippen LogP contribution in [0.3, 0.4) is 0 Å². The largest absolute Gasteiger partial charge is 0.486 e. The SMILES string of the molecule is O=C(c1cc(-c2ccc3c(c2)OCCO3)on1)N(Cc1ccccc1)c1ccccn1. The molecule has 5 rings (SSSR count). The zero-order valence-electron chi connectivity index (χ0n) is 16.6. The molecule has 0 aliphatic carbocycles. The number of benzene rings is 2. The van der Waals surface area contributed by atoms with Crippen LogP contribution >= 0.6 is 0 Å². The van der Waals surface area contributed by atoms with Crippen molar-refractivity contribution in [2.75, 3.05) is 18.1 Å². The Morgan fingerprint density at radius 1 is 0.903 bits per heavy atom. The summed E-state index contributed by atoms with van der Waals surface area (Å²) in [6, 6.07) is 22.3. The maximum Gasteiger partial charge on any atom is 0.281 e. The predicted molar refractivity (Wildman–Crippen MR) is 114 cm³/mol. The van der Waals surface area contributed by atoms with E-state index in [1.165, 1.54) is 0 Å². The molecule has 154 valence electrons. The molecule has 0 spiro atoms. The Bertz CT molecular complexity index is 1190.